The maximum absolute atomic E-state index is 13.1. The van der Waals surface area contributed by atoms with E-state index in [1.807, 2.05) is 0 Å². The van der Waals surface area contributed by atoms with E-state index < -0.39 is 17.2 Å². The Balaban J connectivity index is 1.92. The highest BCUT2D eigenvalue weighted by Crippen LogP contribution is 2.43. The van der Waals surface area contributed by atoms with Crippen LogP contribution in [0.5, 0.6) is 0 Å². The molecule has 1 fully saturated rings. The van der Waals surface area contributed by atoms with Gasteiger partial charge in [-0.05, 0) is 24.5 Å². The van der Waals surface area contributed by atoms with Gasteiger partial charge in [0.2, 0.25) is 5.91 Å². The standard InChI is InChI=1S/C18H17F3N2O2S/c1-11(24)14-10-26-16(22-14)23-15(25)17(7-2-3-8-17)12-5-4-6-13(9-12)18(19,20)21/h4-6,9-10H,2-3,7-8H2,1H3,(H,22,23,25). The number of ketones is 1. The van der Waals surface area contributed by atoms with E-state index in [1.54, 1.807) is 11.4 Å². The van der Waals surface area contributed by atoms with Crippen LogP contribution in [0, 0.1) is 0 Å². The first kappa shape index (κ1) is 18.6. The van der Waals surface area contributed by atoms with Crippen LogP contribution < -0.4 is 5.32 Å². The molecule has 0 spiro atoms. The molecule has 138 valence electrons. The maximum Gasteiger partial charge on any atom is 0.416 e. The molecule has 0 saturated heterocycles. The predicted molar refractivity (Wildman–Crippen MR) is 92.3 cm³/mol. The number of carbonyl (C=O) groups excluding carboxylic acids is 2. The molecule has 3 rings (SSSR count). The number of nitrogens with zero attached hydrogens (tertiary/aromatic N) is 1. The molecule has 0 atom stereocenters. The third kappa shape index (κ3) is 3.51. The smallest absolute Gasteiger partial charge is 0.301 e. The average Bonchev–Trinajstić information content (AvgIpc) is 3.24. The van der Waals surface area contributed by atoms with Crippen molar-refractivity contribution >= 4 is 28.2 Å². The summed E-state index contributed by atoms with van der Waals surface area (Å²) in [5.41, 5.74) is -1.15. The van der Waals surface area contributed by atoms with Gasteiger partial charge in [0.1, 0.15) is 5.69 Å². The van der Waals surface area contributed by atoms with E-state index in [9.17, 15) is 22.8 Å². The summed E-state index contributed by atoms with van der Waals surface area (Å²) in [6, 6.07) is 4.98. The molecule has 1 aromatic carbocycles. The number of hydrogen-bond donors (Lipinski definition) is 1. The monoisotopic (exact) mass is 382 g/mol. The Morgan fingerprint density at radius 2 is 1.92 bits per heavy atom. The molecule has 1 aliphatic rings. The summed E-state index contributed by atoms with van der Waals surface area (Å²) >= 11 is 1.12. The van der Waals surface area contributed by atoms with Crippen LogP contribution in [0.25, 0.3) is 0 Å². The van der Waals surface area contributed by atoms with Crippen molar-refractivity contribution in [2.24, 2.45) is 0 Å². The quantitative estimate of drug-likeness (QED) is 0.772. The molecule has 0 radical (unpaired) electrons. The second-order valence-corrected chi connectivity index (χ2v) is 7.27. The minimum absolute atomic E-state index is 0.213. The molecule has 1 heterocycles. The van der Waals surface area contributed by atoms with E-state index in [-0.39, 0.29) is 22.5 Å². The summed E-state index contributed by atoms with van der Waals surface area (Å²) < 4.78 is 39.2. The van der Waals surface area contributed by atoms with Gasteiger partial charge < -0.3 is 5.32 Å². The molecule has 2 aromatic rings. The molecule has 4 nitrogen and oxygen atoms in total. The number of alkyl halides is 3. The number of Topliss-reactive ketones (excluding diaryl/α,β-unsaturated/α-hetero) is 1. The van der Waals surface area contributed by atoms with Gasteiger partial charge in [-0.2, -0.15) is 13.2 Å². The van der Waals surface area contributed by atoms with Crippen molar-refractivity contribution in [1.82, 2.24) is 4.98 Å². The SMILES string of the molecule is CC(=O)c1csc(NC(=O)C2(c3cccc(C(F)(F)F)c3)CCCC2)n1. The molecule has 1 aromatic heterocycles. The van der Waals surface area contributed by atoms with Gasteiger partial charge in [-0.25, -0.2) is 4.98 Å². The minimum atomic E-state index is -4.46. The number of thiazole rings is 1. The fraction of sp³-hybridized carbons (Fsp3) is 0.389. The topological polar surface area (TPSA) is 59.1 Å². The zero-order valence-corrected chi connectivity index (χ0v) is 14.8. The molecule has 0 unspecified atom stereocenters. The molecule has 1 saturated carbocycles. The van der Waals surface area contributed by atoms with Crippen molar-refractivity contribution < 1.29 is 22.8 Å². The summed E-state index contributed by atoms with van der Waals surface area (Å²) in [5.74, 6) is -0.589. The van der Waals surface area contributed by atoms with Gasteiger partial charge in [0.15, 0.2) is 10.9 Å². The Hall–Kier alpha value is -2.22. The lowest BCUT2D eigenvalue weighted by Crippen LogP contribution is -2.38. The molecule has 0 aliphatic heterocycles. The highest BCUT2D eigenvalue weighted by atomic mass is 32.1. The number of hydrogen-bond acceptors (Lipinski definition) is 4. The molecular formula is C18H17F3N2O2S. The largest absolute Gasteiger partial charge is 0.416 e. The fourth-order valence-electron chi connectivity index (χ4n) is 3.33. The molecule has 26 heavy (non-hydrogen) atoms. The van der Waals surface area contributed by atoms with Gasteiger partial charge >= 0.3 is 6.18 Å². The molecule has 1 N–H and O–H groups in total. The number of aromatic nitrogens is 1. The molecule has 8 heteroatoms. The molecular weight excluding hydrogens is 365 g/mol. The van der Waals surface area contributed by atoms with Crippen LogP contribution in [0.1, 0.15) is 54.2 Å². The Morgan fingerprint density at radius 3 is 2.50 bits per heavy atom. The number of rotatable bonds is 4. The molecule has 1 amide bonds. The average molecular weight is 382 g/mol. The maximum atomic E-state index is 13.1. The number of nitrogens with one attached hydrogen (secondary N) is 1. The first-order valence-corrected chi connectivity index (χ1v) is 9.06. The Labute approximate surface area is 152 Å². The van der Waals surface area contributed by atoms with E-state index >= 15 is 0 Å². The van der Waals surface area contributed by atoms with Crippen molar-refractivity contribution in [1.29, 1.82) is 0 Å². The van der Waals surface area contributed by atoms with Crippen LogP contribution >= 0.6 is 11.3 Å². The van der Waals surface area contributed by atoms with Gasteiger partial charge in [0, 0.05) is 12.3 Å². The summed E-state index contributed by atoms with van der Waals surface area (Å²) in [7, 11) is 0. The van der Waals surface area contributed by atoms with Crippen molar-refractivity contribution in [3.63, 3.8) is 0 Å². The second-order valence-electron chi connectivity index (χ2n) is 6.42. The lowest BCUT2D eigenvalue weighted by Gasteiger charge is -2.28. The number of anilines is 1. The van der Waals surface area contributed by atoms with Crippen molar-refractivity contribution in [3.8, 4) is 0 Å². The first-order valence-electron chi connectivity index (χ1n) is 8.18. The van der Waals surface area contributed by atoms with Gasteiger partial charge in [0.25, 0.3) is 0 Å². The molecule has 1 aliphatic carbocycles. The molecule has 0 bridgehead atoms. The van der Waals surface area contributed by atoms with Crippen LogP contribution in [0.15, 0.2) is 29.6 Å². The summed E-state index contributed by atoms with van der Waals surface area (Å²) in [6.45, 7) is 1.38. The highest BCUT2D eigenvalue weighted by molar-refractivity contribution is 7.14. The summed E-state index contributed by atoms with van der Waals surface area (Å²) in [4.78, 5) is 28.4. The number of halogens is 3. The summed E-state index contributed by atoms with van der Waals surface area (Å²) in [6.07, 6.45) is -1.98. The lowest BCUT2D eigenvalue weighted by atomic mass is 9.77. The van der Waals surface area contributed by atoms with E-state index in [1.165, 1.54) is 13.0 Å². The third-order valence-corrected chi connectivity index (χ3v) is 5.48. The van der Waals surface area contributed by atoms with Crippen LogP contribution in [-0.4, -0.2) is 16.7 Å². The van der Waals surface area contributed by atoms with E-state index in [0.717, 1.165) is 36.3 Å². The Morgan fingerprint density at radius 1 is 1.23 bits per heavy atom. The Bertz CT molecular complexity index is 839. The normalized spacial score (nSPS) is 16.5. The van der Waals surface area contributed by atoms with E-state index in [4.69, 9.17) is 0 Å². The third-order valence-electron chi connectivity index (χ3n) is 4.72. The number of benzene rings is 1. The summed E-state index contributed by atoms with van der Waals surface area (Å²) in [5, 5.41) is 4.51. The fourth-order valence-corrected chi connectivity index (χ4v) is 4.07. The zero-order valence-electron chi connectivity index (χ0n) is 14.0. The second kappa shape index (κ2) is 6.83. The van der Waals surface area contributed by atoms with E-state index in [0.29, 0.717) is 18.4 Å². The Kier molecular flexibility index (Phi) is 4.88. The van der Waals surface area contributed by atoms with E-state index in [2.05, 4.69) is 10.3 Å². The van der Waals surface area contributed by atoms with Gasteiger partial charge in [0.05, 0.1) is 11.0 Å². The van der Waals surface area contributed by atoms with Crippen LogP contribution in [-0.2, 0) is 16.4 Å². The van der Waals surface area contributed by atoms with Gasteiger partial charge in [-0.3, -0.25) is 9.59 Å². The first-order chi connectivity index (χ1) is 12.2. The number of amides is 1. The van der Waals surface area contributed by atoms with Crippen molar-refractivity contribution in [2.75, 3.05) is 5.32 Å². The van der Waals surface area contributed by atoms with Crippen LogP contribution in [0.4, 0.5) is 18.3 Å². The lowest BCUT2D eigenvalue weighted by molar-refractivity contribution is -0.137. The van der Waals surface area contributed by atoms with Gasteiger partial charge in [-0.15, -0.1) is 11.3 Å². The van der Waals surface area contributed by atoms with Gasteiger partial charge in [-0.1, -0.05) is 31.0 Å². The van der Waals surface area contributed by atoms with Crippen LogP contribution in [0.3, 0.4) is 0 Å². The number of carbonyl (C=O) groups is 2. The van der Waals surface area contributed by atoms with Crippen LogP contribution in [0.2, 0.25) is 0 Å². The predicted octanol–water partition coefficient (Wildman–Crippen LogP) is 4.82. The highest BCUT2D eigenvalue weighted by Gasteiger charge is 2.44. The minimum Gasteiger partial charge on any atom is -0.301 e. The van der Waals surface area contributed by atoms with Crippen molar-refractivity contribution in [3.05, 3.63) is 46.5 Å². The van der Waals surface area contributed by atoms with Crippen molar-refractivity contribution in [2.45, 2.75) is 44.2 Å². The zero-order chi connectivity index (χ0) is 18.9.